The maximum atomic E-state index is 11.7. The maximum absolute atomic E-state index is 11.7. The van der Waals surface area contributed by atoms with Crippen LogP contribution in [0.25, 0.3) is 0 Å². The molecule has 94 valence electrons. The zero-order chi connectivity index (χ0) is 12.0. The Balaban J connectivity index is 2.16. The Morgan fingerprint density at radius 1 is 1.38 bits per heavy atom. The number of amides is 1. The first-order valence-electron chi connectivity index (χ1n) is 6.55. The molecule has 0 heterocycles. The third-order valence-corrected chi connectivity index (χ3v) is 3.95. The van der Waals surface area contributed by atoms with Crippen LogP contribution in [-0.4, -0.2) is 17.8 Å². The van der Waals surface area contributed by atoms with E-state index in [2.05, 4.69) is 12.2 Å². The monoisotopic (exact) mass is 245 g/mol. The van der Waals surface area contributed by atoms with Crippen LogP contribution in [0.2, 0.25) is 0 Å². The lowest BCUT2D eigenvalue weighted by atomic mass is 9.89. The summed E-state index contributed by atoms with van der Waals surface area (Å²) in [7, 11) is 0. The number of alkyl halides is 1. The second-order valence-electron chi connectivity index (χ2n) is 5.05. The average Bonchev–Trinajstić information content (AvgIpc) is 2.28. The Morgan fingerprint density at radius 3 is 2.56 bits per heavy atom. The van der Waals surface area contributed by atoms with Crippen LogP contribution >= 0.6 is 11.6 Å². The molecule has 1 atom stereocenters. The van der Waals surface area contributed by atoms with Gasteiger partial charge >= 0.3 is 0 Å². The normalized spacial score (nSPS) is 27.4. The SMILES string of the molecule is CCCC(C)C(=O)NCC1CCC(Cl)CC1. The second-order valence-corrected chi connectivity index (χ2v) is 5.67. The minimum atomic E-state index is 0.161. The minimum absolute atomic E-state index is 0.161. The lowest BCUT2D eigenvalue weighted by molar-refractivity contribution is -0.124. The largest absolute Gasteiger partial charge is 0.356 e. The van der Waals surface area contributed by atoms with Gasteiger partial charge in [0.25, 0.3) is 0 Å². The van der Waals surface area contributed by atoms with Crippen LogP contribution < -0.4 is 5.32 Å². The summed E-state index contributed by atoms with van der Waals surface area (Å²) in [5.74, 6) is 1.02. The summed E-state index contributed by atoms with van der Waals surface area (Å²) < 4.78 is 0. The molecule has 1 N–H and O–H groups in total. The fourth-order valence-electron chi connectivity index (χ4n) is 2.31. The van der Waals surface area contributed by atoms with Crippen molar-refractivity contribution in [3.63, 3.8) is 0 Å². The maximum Gasteiger partial charge on any atom is 0.222 e. The lowest BCUT2D eigenvalue weighted by Crippen LogP contribution is -2.34. The molecule has 1 fully saturated rings. The van der Waals surface area contributed by atoms with Crippen molar-refractivity contribution in [3.8, 4) is 0 Å². The van der Waals surface area contributed by atoms with Crippen LogP contribution in [0, 0.1) is 11.8 Å². The molecule has 0 aliphatic heterocycles. The molecular formula is C13H24ClNO. The van der Waals surface area contributed by atoms with Crippen LogP contribution in [0.15, 0.2) is 0 Å². The van der Waals surface area contributed by atoms with Gasteiger partial charge in [-0.2, -0.15) is 0 Å². The van der Waals surface area contributed by atoms with E-state index in [1.807, 2.05) is 6.92 Å². The van der Waals surface area contributed by atoms with Gasteiger partial charge in [-0.15, -0.1) is 11.6 Å². The number of carbonyl (C=O) groups is 1. The Kier molecular flexibility index (Phi) is 6.18. The summed E-state index contributed by atoms with van der Waals surface area (Å²) in [5.41, 5.74) is 0. The lowest BCUT2D eigenvalue weighted by Gasteiger charge is -2.25. The smallest absolute Gasteiger partial charge is 0.222 e. The number of hydrogen-bond donors (Lipinski definition) is 1. The summed E-state index contributed by atoms with van der Waals surface area (Å²) in [5, 5.41) is 3.44. The molecule has 1 aliphatic carbocycles. The van der Waals surface area contributed by atoms with Crippen molar-refractivity contribution in [3.05, 3.63) is 0 Å². The molecule has 0 aromatic carbocycles. The molecule has 1 unspecified atom stereocenters. The Morgan fingerprint density at radius 2 is 2.00 bits per heavy atom. The van der Waals surface area contributed by atoms with Crippen LogP contribution in [-0.2, 0) is 4.79 Å². The van der Waals surface area contributed by atoms with Crippen molar-refractivity contribution in [2.45, 2.75) is 57.7 Å². The fourth-order valence-corrected chi connectivity index (χ4v) is 2.56. The van der Waals surface area contributed by atoms with Crippen molar-refractivity contribution in [2.75, 3.05) is 6.54 Å². The summed E-state index contributed by atoms with van der Waals surface area (Å²) in [6.07, 6.45) is 6.60. The zero-order valence-electron chi connectivity index (χ0n) is 10.5. The van der Waals surface area contributed by atoms with Gasteiger partial charge in [0.1, 0.15) is 0 Å². The van der Waals surface area contributed by atoms with Crippen LogP contribution in [0.5, 0.6) is 0 Å². The topological polar surface area (TPSA) is 29.1 Å². The first-order chi connectivity index (χ1) is 7.63. The quantitative estimate of drug-likeness (QED) is 0.740. The van der Waals surface area contributed by atoms with Crippen molar-refractivity contribution < 1.29 is 4.79 Å². The third kappa shape index (κ3) is 4.73. The van der Waals surface area contributed by atoms with Crippen LogP contribution in [0.4, 0.5) is 0 Å². The highest BCUT2D eigenvalue weighted by Gasteiger charge is 2.20. The molecule has 3 heteroatoms. The predicted octanol–water partition coefficient (Wildman–Crippen LogP) is 3.34. The van der Waals surface area contributed by atoms with Crippen molar-refractivity contribution in [1.29, 1.82) is 0 Å². The molecule has 1 saturated carbocycles. The summed E-state index contributed by atoms with van der Waals surface area (Å²) in [6, 6.07) is 0. The minimum Gasteiger partial charge on any atom is -0.356 e. The van der Waals surface area contributed by atoms with Gasteiger partial charge in [0.15, 0.2) is 0 Å². The third-order valence-electron chi connectivity index (χ3n) is 3.51. The van der Waals surface area contributed by atoms with Crippen molar-refractivity contribution in [1.82, 2.24) is 5.32 Å². The number of halogens is 1. The molecular weight excluding hydrogens is 222 g/mol. The number of carbonyl (C=O) groups excluding carboxylic acids is 1. The number of rotatable bonds is 5. The summed E-state index contributed by atoms with van der Waals surface area (Å²) in [6.45, 7) is 4.97. The van der Waals surface area contributed by atoms with Gasteiger partial charge in [-0.05, 0) is 38.0 Å². The molecule has 1 amide bonds. The van der Waals surface area contributed by atoms with Gasteiger partial charge in [-0.3, -0.25) is 4.79 Å². The molecule has 0 aromatic rings. The van der Waals surface area contributed by atoms with Gasteiger partial charge in [0.05, 0.1) is 0 Å². The molecule has 0 bridgehead atoms. The standard InChI is InChI=1S/C13H24ClNO/c1-3-4-10(2)13(16)15-9-11-5-7-12(14)8-6-11/h10-12H,3-9H2,1-2H3,(H,15,16). The van der Waals surface area contributed by atoms with E-state index in [0.717, 1.165) is 45.1 Å². The molecule has 0 saturated heterocycles. The van der Waals surface area contributed by atoms with Crippen molar-refractivity contribution >= 4 is 17.5 Å². The van der Waals surface area contributed by atoms with E-state index in [1.165, 1.54) is 0 Å². The Labute approximate surface area is 104 Å². The highest BCUT2D eigenvalue weighted by molar-refractivity contribution is 6.20. The van der Waals surface area contributed by atoms with E-state index in [9.17, 15) is 4.79 Å². The van der Waals surface area contributed by atoms with Crippen molar-refractivity contribution in [2.24, 2.45) is 11.8 Å². The van der Waals surface area contributed by atoms with Gasteiger partial charge in [0.2, 0.25) is 5.91 Å². The highest BCUT2D eigenvalue weighted by Crippen LogP contribution is 2.27. The Hall–Kier alpha value is -0.240. The first kappa shape index (κ1) is 13.8. The van der Waals surface area contributed by atoms with Crippen LogP contribution in [0.3, 0.4) is 0 Å². The number of hydrogen-bond acceptors (Lipinski definition) is 1. The summed E-state index contributed by atoms with van der Waals surface area (Å²) >= 11 is 6.05. The van der Waals surface area contributed by atoms with E-state index in [0.29, 0.717) is 11.3 Å². The molecule has 1 aliphatic rings. The molecule has 16 heavy (non-hydrogen) atoms. The summed E-state index contributed by atoms with van der Waals surface area (Å²) in [4.78, 5) is 11.7. The Bertz CT molecular complexity index is 212. The van der Waals surface area contributed by atoms with Gasteiger partial charge < -0.3 is 5.32 Å². The number of nitrogens with one attached hydrogen (secondary N) is 1. The predicted molar refractivity (Wildman–Crippen MR) is 68.7 cm³/mol. The molecule has 1 rings (SSSR count). The second kappa shape index (κ2) is 7.16. The van der Waals surface area contributed by atoms with Gasteiger partial charge in [-0.1, -0.05) is 20.3 Å². The zero-order valence-corrected chi connectivity index (χ0v) is 11.2. The van der Waals surface area contributed by atoms with E-state index in [1.54, 1.807) is 0 Å². The van der Waals surface area contributed by atoms with Gasteiger partial charge in [0, 0.05) is 17.8 Å². The highest BCUT2D eigenvalue weighted by atomic mass is 35.5. The molecule has 0 radical (unpaired) electrons. The van der Waals surface area contributed by atoms with E-state index < -0.39 is 0 Å². The van der Waals surface area contributed by atoms with E-state index >= 15 is 0 Å². The van der Waals surface area contributed by atoms with Gasteiger partial charge in [-0.25, -0.2) is 0 Å². The van der Waals surface area contributed by atoms with E-state index in [4.69, 9.17) is 11.6 Å². The van der Waals surface area contributed by atoms with Crippen LogP contribution in [0.1, 0.15) is 52.4 Å². The average molecular weight is 246 g/mol. The molecule has 0 spiro atoms. The fraction of sp³-hybridized carbons (Fsp3) is 0.923. The molecule has 0 aromatic heterocycles. The van der Waals surface area contributed by atoms with E-state index in [-0.39, 0.29) is 11.8 Å². The first-order valence-corrected chi connectivity index (χ1v) is 6.98. The molecule has 2 nitrogen and oxygen atoms in total.